The van der Waals surface area contributed by atoms with Crippen molar-refractivity contribution in [2.24, 2.45) is 0 Å². The number of nitrogens with zero attached hydrogens (tertiary/aromatic N) is 3. The van der Waals surface area contributed by atoms with Crippen LogP contribution in [0, 0.1) is 13.8 Å². The average molecular weight is 235 g/mol. The minimum absolute atomic E-state index is 0.218. The molecule has 0 atom stereocenters. The van der Waals surface area contributed by atoms with E-state index in [0.29, 0.717) is 25.6 Å². The van der Waals surface area contributed by atoms with Gasteiger partial charge < -0.3 is 9.64 Å². The molecule has 0 bridgehead atoms. The molecule has 0 aliphatic carbocycles. The SMILES string of the molecule is Cc1cc(C)nc(OCCN2CCCC2=O)n1. The van der Waals surface area contributed by atoms with E-state index in [-0.39, 0.29) is 5.91 Å². The maximum Gasteiger partial charge on any atom is 0.316 e. The van der Waals surface area contributed by atoms with Gasteiger partial charge in [-0.2, -0.15) is 0 Å². The maximum atomic E-state index is 11.4. The van der Waals surface area contributed by atoms with Gasteiger partial charge in [-0.1, -0.05) is 0 Å². The fraction of sp³-hybridized carbons (Fsp3) is 0.583. The van der Waals surface area contributed by atoms with E-state index in [2.05, 4.69) is 9.97 Å². The van der Waals surface area contributed by atoms with Gasteiger partial charge in [0, 0.05) is 24.4 Å². The summed E-state index contributed by atoms with van der Waals surface area (Å²) in [5.41, 5.74) is 1.79. The zero-order valence-electron chi connectivity index (χ0n) is 10.3. The van der Waals surface area contributed by atoms with Crippen molar-refractivity contribution < 1.29 is 9.53 Å². The molecule has 1 amide bonds. The summed E-state index contributed by atoms with van der Waals surface area (Å²) in [4.78, 5) is 21.5. The van der Waals surface area contributed by atoms with Crippen molar-refractivity contribution >= 4 is 5.91 Å². The van der Waals surface area contributed by atoms with Gasteiger partial charge in [-0.05, 0) is 26.3 Å². The third-order valence-corrected chi connectivity index (χ3v) is 2.73. The van der Waals surface area contributed by atoms with E-state index in [0.717, 1.165) is 24.4 Å². The molecular formula is C12H17N3O2. The van der Waals surface area contributed by atoms with E-state index in [4.69, 9.17) is 4.74 Å². The van der Waals surface area contributed by atoms with Gasteiger partial charge in [-0.3, -0.25) is 4.79 Å². The molecule has 1 aliphatic heterocycles. The fourth-order valence-electron chi connectivity index (χ4n) is 1.95. The Hall–Kier alpha value is -1.65. The van der Waals surface area contributed by atoms with Crippen molar-refractivity contribution in [2.45, 2.75) is 26.7 Å². The predicted molar refractivity (Wildman–Crippen MR) is 62.8 cm³/mol. The molecule has 0 saturated carbocycles. The van der Waals surface area contributed by atoms with Crippen LogP contribution in [-0.2, 0) is 4.79 Å². The van der Waals surface area contributed by atoms with E-state index in [9.17, 15) is 4.79 Å². The Morgan fingerprint density at radius 1 is 1.35 bits per heavy atom. The molecule has 1 fully saturated rings. The average Bonchev–Trinajstić information content (AvgIpc) is 2.63. The molecule has 1 aromatic rings. The van der Waals surface area contributed by atoms with Gasteiger partial charge in [0.1, 0.15) is 6.61 Å². The van der Waals surface area contributed by atoms with Gasteiger partial charge in [0.2, 0.25) is 5.91 Å². The first-order valence-electron chi connectivity index (χ1n) is 5.88. The second kappa shape index (κ2) is 5.12. The third-order valence-electron chi connectivity index (χ3n) is 2.73. The molecule has 17 heavy (non-hydrogen) atoms. The Labute approximate surface area is 101 Å². The Balaban J connectivity index is 1.83. The molecule has 0 aromatic carbocycles. The summed E-state index contributed by atoms with van der Waals surface area (Å²) in [7, 11) is 0. The lowest BCUT2D eigenvalue weighted by atomic mass is 10.4. The quantitative estimate of drug-likeness (QED) is 0.784. The van der Waals surface area contributed by atoms with Gasteiger partial charge in [0.25, 0.3) is 0 Å². The van der Waals surface area contributed by atoms with Crippen molar-refractivity contribution in [1.29, 1.82) is 0 Å². The number of hydrogen-bond acceptors (Lipinski definition) is 4. The van der Waals surface area contributed by atoms with Gasteiger partial charge in [-0.25, -0.2) is 9.97 Å². The number of aromatic nitrogens is 2. The molecule has 1 aliphatic rings. The summed E-state index contributed by atoms with van der Waals surface area (Å²) in [6.45, 7) is 5.73. The van der Waals surface area contributed by atoms with Crippen LogP contribution in [0.15, 0.2) is 6.07 Å². The Morgan fingerprint density at radius 2 is 2.06 bits per heavy atom. The minimum Gasteiger partial charge on any atom is -0.462 e. The smallest absolute Gasteiger partial charge is 0.316 e. The van der Waals surface area contributed by atoms with Crippen LogP contribution in [0.25, 0.3) is 0 Å². The van der Waals surface area contributed by atoms with Crippen LogP contribution in [0.4, 0.5) is 0 Å². The normalized spacial score (nSPS) is 15.4. The molecule has 0 radical (unpaired) electrons. The number of carbonyl (C=O) groups is 1. The molecule has 0 spiro atoms. The molecule has 1 aromatic heterocycles. The number of likely N-dealkylation sites (tertiary alicyclic amines) is 1. The number of amides is 1. The number of hydrogen-bond donors (Lipinski definition) is 0. The minimum atomic E-state index is 0.218. The number of carbonyl (C=O) groups excluding carboxylic acids is 1. The summed E-state index contributed by atoms with van der Waals surface area (Å²) in [5, 5.41) is 0. The Bertz CT molecular complexity index is 400. The van der Waals surface area contributed by atoms with Crippen molar-refractivity contribution in [2.75, 3.05) is 19.7 Å². The van der Waals surface area contributed by atoms with E-state index in [1.165, 1.54) is 0 Å². The summed E-state index contributed by atoms with van der Waals surface area (Å²) in [6, 6.07) is 2.30. The van der Waals surface area contributed by atoms with E-state index < -0.39 is 0 Å². The first-order valence-corrected chi connectivity index (χ1v) is 5.88. The molecule has 5 nitrogen and oxygen atoms in total. The molecule has 0 unspecified atom stereocenters. The van der Waals surface area contributed by atoms with E-state index >= 15 is 0 Å². The fourth-order valence-corrected chi connectivity index (χ4v) is 1.95. The molecule has 2 heterocycles. The predicted octanol–water partition coefficient (Wildman–Crippen LogP) is 1.09. The number of ether oxygens (including phenoxy) is 1. The summed E-state index contributed by atoms with van der Waals surface area (Å²) in [5.74, 6) is 0.218. The van der Waals surface area contributed by atoms with Crippen LogP contribution in [0.5, 0.6) is 6.01 Å². The van der Waals surface area contributed by atoms with Gasteiger partial charge >= 0.3 is 6.01 Å². The highest BCUT2D eigenvalue weighted by Gasteiger charge is 2.19. The maximum absolute atomic E-state index is 11.4. The molecule has 5 heteroatoms. The summed E-state index contributed by atoms with van der Waals surface area (Å²) >= 11 is 0. The summed E-state index contributed by atoms with van der Waals surface area (Å²) in [6.07, 6.45) is 1.62. The van der Waals surface area contributed by atoms with Crippen LogP contribution in [0.1, 0.15) is 24.2 Å². The largest absolute Gasteiger partial charge is 0.462 e. The highest BCUT2D eigenvalue weighted by atomic mass is 16.5. The van der Waals surface area contributed by atoms with Gasteiger partial charge in [-0.15, -0.1) is 0 Å². The Morgan fingerprint density at radius 3 is 2.65 bits per heavy atom. The Kier molecular flexibility index (Phi) is 3.56. The summed E-state index contributed by atoms with van der Waals surface area (Å²) < 4.78 is 5.46. The lowest BCUT2D eigenvalue weighted by Gasteiger charge is -2.15. The second-order valence-corrected chi connectivity index (χ2v) is 4.27. The lowest BCUT2D eigenvalue weighted by Crippen LogP contribution is -2.29. The van der Waals surface area contributed by atoms with Gasteiger partial charge in [0.15, 0.2) is 0 Å². The zero-order valence-corrected chi connectivity index (χ0v) is 10.3. The van der Waals surface area contributed by atoms with E-state index in [1.54, 1.807) is 0 Å². The molecule has 2 rings (SSSR count). The highest BCUT2D eigenvalue weighted by molar-refractivity contribution is 5.78. The third kappa shape index (κ3) is 3.15. The standard InChI is InChI=1S/C12H17N3O2/c1-9-8-10(2)14-12(13-9)17-7-6-15-5-3-4-11(15)16/h8H,3-7H2,1-2H3. The first-order chi connectivity index (χ1) is 8.15. The molecule has 92 valence electrons. The van der Waals surface area contributed by atoms with Crippen LogP contribution in [-0.4, -0.2) is 40.5 Å². The van der Waals surface area contributed by atoms with Crippen LogP contribution in [0.3, 0.4) is 0 Å². The zero-order chi connectivity index (χ0) is 12.3. The topological polar surface area (TPSA) is 55.3 Å². The van der Waals surface area contributed by atoms with Crippen LogP contribution >= 0.6 is 0 Å². The van der Waals surface area contributed by atoms with Crippen molar-refractivity contribution in [3.05, 3.63) is 17.5 Å². The molecular weight excluding hydrogens is 218 g/mol. The van der Waals surface area contributed by atoms with Crippen molar-refractivity contribution in [3.63, 3.8) is 0 Å². The van der Waals surface area contributed by atoms with Crippen molar-refractivity contribution in [3.8, 4) is 6.01 Å². The van der Waals surface area contributed by atoms with Gasteiger partial charge in [0.05, 0.1) is 6.54 Å². The molecule has 1 saturated heterocycles. The second-order valence-electron chi connectivity index (χ2n) is 4.27. The number of rotatable bonds is 4. The van der Waals surface area contributed by atoms with Crippen LogP contribution < -0.4 is 4.74 Å². The first kappa shape index (κ1) is 11.8. The van der Waals surface area contributed by atoms with Crippen molar-refractivity contribution in [1.82, 2.24) is 14.9 Å². The molecule has 0 N–H and O–H groups in total. The van der Waals surface area contributed by atoms with Crippen LogP contribution in [0.2, 0.25) is 0 Å². The highest BCUT2D eigenvalue weighted by Crippen LogP contribution is 2.10. The van der Waals surface area contributed by atoms with E-state index in [1.807, 2.05) is 24.8 Å². The monoisotopic (exact) mass is 235 g/mol. The number of aryl methyl sites for hydroxylation is 2. The lowest BCUT2D eigenvalue weighted by molar-refractivity contribution is -0.128.